The Kier molecular flexibility index (Phi) is 3.99. The van der Waals surface area contributed by atoms with Crippen LogP contribution in [0.5, 0.6) is 0 Å². The van der Waals surface area contributed by atoms with Crippen LogP contribution in [0.4, 0.5) is 5.82 Å². The molecule has 6 nitrogen and oxygen atoms in total. The van der Waals surface area contributed by atoms with Crippen molar-refractivity contribution >= 4 is 17.9 Å². The molecule has 2 rings (SSSR count). The molecule has 0 spiro atoms. The van der Waals surface area contributed by atoms with Gasteiger partial charge in [0.25, 0.3) is 0 Å². The molecule has 19 heavy (non-hydrogen) atoms. The van der Waals surface area contributed by atoms with Gasteiger partial charge in [-0.25, -0.2) is 4.98 Å². The highest BCUT2D eigenvalue weighted by molar-refractivity contribution is 5.79. The molecule has 6 heteroatoms. The van der Waals surface area contributed by atoms with Crippen molar-refractivity contribution in [1.29, 1.82) is 0 Å². The summed E-state index contributed by atoms with van der Waals surface area (Å²) in [5, 5.41) is 11.5. The fraction of sp³-hybridized carbons (Fsp3) is 0.462. The second-order valence-corrected chi connectivity index (χ2v) is 4.65. The Balaban J connectivity index is 2.09. The van der Waals surface area contributed by atoms with E-state index < -0.39 is 0 Å². The van der Waals surface area contributed by atoms with E-state index in [2.05, 4.69) is 15.0 Å². The van der Waals surface area contributed by atoms with Crippen molar-refractivity contribution < 1.29 is 10.0 Å². The third-order valence-corrected chi connectivity index (χ3v) is 3.30. The highest BCUT2D eigenvalue weighted by atomic mass is 16.4. The summed E-state index contributed by atoms with van der Waals surface area (Å²) in [6.07, 6.45) is 3.04. The number of hydrogen-bond acceptors (Lipinski definition) is 5. The number of carbonyl (C=O) groups excluding carboxylic acids is 1. The summed E-state index contributed by atoms with van der Waals surface area (Å²) < 4.78 is 0. The van der Waals surface area contributed by atoms with Crippen molar-refractivity contribution in [2.45, 2.75) is 13.8 Å². The fourth-order valence-corrected chi connectivity index (χ4v) is 2.29. The van der Waals surface area contributed by atoms with Gasteiger partial charge in [-0.2, -0.15) is 0 Å². The van der Waals surface area contributed by atoms with Crippen LogP contribution in [0.15, 0.2) is 17.4 Å². The summed E-state index contributed by atoms with van der Waals surface area (Å²) in [7, 11) is 0. The molecule has 102 valence electrons. The number of aromatic nitrogens is 1. The molecule has 0 aliphatic carbocycles. The number of nitrogens with zero attached hydrogens (tertiary/aromatic N) is 4. The maximum absolute atomic E-state index is 11.3. The molecule has 0 atom stereocenters. The zero-order valence-corrected chi connectivity index (χ0v) is 11.2. The van der Waals surface area contributed by atoms with E-state index in [1.165, 1.54) is 6.21 Å². The normalized spacial score (nSPS) is 16.1. The Morgan fingerprint density at radius 3 is 2.63 bits per heavy atom. The predicted molar refractivity (Wildman–Crippen MR) is 72.8 cm³/mol. The maximum Gasteiger partial charge on any atom is 0.219 e. The molecule has 1 amide bonds. The van der Waals surface area contributed by atoms with E-state index in [-0.39, 0.29) is 5.91 Å². The minimum Gasteiger partial charge on any atom is -0.411 e. The van der Waals surface area contributed by atoms with Crippen LogP contribution in [0, 0.1) is 6.92 Å². The van der Waals surface area contributed by atoms with Crippen LogP contribution in [0.25, 0.3) is 0 Å². The quantitative estimate of drug-likeness (QED) is 0.488. The van der Waals surface area contributed by atoms with Gasteiger partial charge in [0.15, 0.2) is 0 Å². The number of piperazine rings is 1. The van der Waals surface area contributed by atoms with Crippen molar-refractivity contribution in [1.82, 2.24) is 9.88 Å². The van der Waals surface area contributed by atoms with E-state index in [4.69, 9.17) is 5.21 Å². The summed E-state index contributed by atoms with van der Waals surface area (Å²) in [6.45, 7) is 6.63. The first-order chi connectivity index (χ1) is 9.11. The Bertz CT molecular complexity index is 493. The van der Waals surface area contributed by atoms with E-state index in [0.717, 1.165) is 43.1 Å². The number of aryl methyl sites for hydroxylation is 1. The molecular formula is C13H18N4O2. The molecular weight excluding hydrogens is 244 g/mol. The van der Waals surface area contributed by atoms with Crippen molar-refractivity contribution in [3.8, 4) is 0 Å². The van der Waals surface area contributed by atoms with Crippen molar-refractivity contribution in [3.05, 3.63) is 23.4 Å². The minimum absolute atomic E-state index is 0.124. The van der Waals surface area contributed by atoms with E-state index in [1.807, 2.05) is 17.9 Å². The highest BCUT2D eigenvalue weighted by Crippen LogP contribution is 2.19. The lowest BCUT2D eigenvalue weighted by atomic mass is 10.2. The third-order valence-electron chi connectivity index (χ3n) is 3.30. The van der Waals surface area contributed by atoms with Gasteiger partial charge in [-0.3, -0.25) is 4.79 Å². The number of carbonyl (C=O) groups is 1. The summed E-state index contributed by atoms with van der Waals surface area (Å²) >= 11 is 0. The number of hydrogen-bond donors (Lipinski definition) is 1. The molecule has 1 fully saturated rings. The van der Waals surface area contributed by atoms with Gasteiger partial charge in [0.1, 0.15) is 5.82 Å². The Labute approximate surface area is 112 Å². The summed E-state index contributed by atoms with van der Waals surface area (Å²) in [4.78, 5) is 19.7. The number of amides is 1. The van der Waals surface area contributed by atoms with Crippen LogP contribution < -0.4 is 4.90 Å². The molecule has 1 aliphatic rings. The molecule has 0 aromatic carbocycles. The topological polar surface area (TPSA) is 69.0 Å². The number of oxime groups is 1. The molecule has 0 bridgehead atoms. The number of pyridine rings is 1. The maximum atomic E-state index is 11.3. The first-order valence-corrected chi connectivity index (χ1v) is 6.26. The van der Waals surface area contributed by atoms with Crippen LogP contribution in [-0.4, -0.2) is 53.4 Å². The molecule has 0 radical (unpaired) electrons. The van der Waals surface area contributed by atoms with Crippen molar-refractivity contribution in [2.75, 3.05) is 31.1 Å². The summed E-state index contributed by atoms with van der Waals surface area (Å²) in [6, 6.07) is 1.93. The van der Waals surface area contributed by atoms with Gasteiger partial charge in [0, 0.05) is 44.9 Å². The second-order valence-electron chi connectivity index (χ2n) is 4.65. The lowest BCUT2D eigenvalue weighted by Gasteiger charge is -2.35. The van der Waals surface area contributed by atoms with Gasteiger partial charge in [-0.05, 0) is 18.6 Å². The van der Waals surface area contributed by atoms with E-state index in [1.54, 1.807) is 13.1 Å². The highest BCUT2D eigenvalue weighted by Gasteiger charge is 2.20. The zero-order valence-electron chi connectivity index (χ0n) is 11.2. The van der Waals surface area contributed by atoms with Crippen LogP contribution in [-0.2, 0) is 4.79 Å². The minimum atomic E-state index is 0.124. The van der Waals surface area contributed by atoms with E-state index in [9.17, 15) is 4.79 Å². The summed E-state index contributed by atoms with van der Waals surface area (Å²) in [5.41, 5.74) is 1.81. The van der Waals surface area contributed by atoms with Gasteiger partial charge >= 0.3 is 0 Å². The molecule has 1 aromatic heterocycles. The lowest BCUT2D eigenvalue weighted by Crippen LogP contribution is -2.48. The molecule has 2 heterocycles. The third kappa shape index (κ3) is 3.01. The number of anilines is 1. The predicted octanol–water partition coefficient (Wildman–Crippen LogP) is 0.867. The van der Waals surface area contributed by atoms with Crippen molar-refractivity contribution in [3.63, 3.8) is 0 Å². The van der Waals surface area contributed by atoms with Crippen LogP contribution >= 0.6 is 0 Å². The smallest absolute Gasteiger partial charge is 0.219 e. The lowest BCUT2D eigenvalue weighted by molar-refractivity contribution is -0.129. The molecule has 0 saturated carbocycles. The van der Waals surface area contributed by atoms with Crippen LogP contribution in [0.1, 0.15) is 18.1 Å². The standard InChI is InChI=1S/C13H18N4O2/c1-10-7-12(9-15-19)8-14-13(10)17-5-3-16(4-6-17)11(2)18/h7-9,19H,3-6H2,1-2H3/b15-9-. The first kappa shape index (κ1) is 13.3. The van der Waals surface area contributed by atoms with Gasteiger partial charge in [-0.15, -0.1) is 0 Å². The van der Waals surface area contributed by atoms with Crippen LogP contribution in [0.2, 0.25) is 0 Å². The monoisotopic (exact) mass is 262 g/mol. The second kappa shape index (κ2) is 5.69. The Morgan fingerprint density at radius 2 is 2.11 bits per heavy atom. The van der Waals surface area contributed by atoms with Gasteiger partial charge < -0.3 is 15.0 Å². The molecule has 1 saturated heterocycles. The molecule has 1 aromatic rings. The molecule has 0 unspecified atom stereocenters. The number of rotatable bonds is 2. The first-order valence-electron chi connectivity index (χ1n) is 6.26. The molecule has 1 N–H and O–H groups in total. The average molecular weight is 262 g/mol. The fourth-order valence-electron chi connectivity index (χ4n) is 2.29. The zero-order chi connectivity index (χ0) is 13.8. The van der Waals surface area contributed by atoms with E-state index in [0.29, 0.717) is 0 Å². The van der Waals surface area contributed by atoms with Crippen molar-refractivity contribution in [2.24, 2.45) is 5.16 Å². The van der Waals surface area contributed by atoms with E-state index >= 15 is 0 Å². The van der Waals surface area contributed by atoms with Gasteiger partial charge in [0.2, 0.25) is 5.91 Å². The SMILES string of the molecule is CC(=O)N1CCN(c2ncc(/C=N\O)cc2C)CC1. The Hall–Kier alpha value is -2.11. The molecule has 1 aliphatic heterocycles. The van der Waals surface area contributed by atoms with Crippen LogP contribution in [0.3, 0.4) is 0 Å². The average Bonchev–Trinajstić information content (AvgIpc) is 2.39. The van der Waals surface area contributed by atoms with Gasteiger partial charge in [0.05, 0.1) is 6.21 Å². The summed E-state index contributed by atoms with van der Waals surface area (Å²) in [5.74, 6) is 1.05. The van der Waals surface area contributed by atoms with Gasteiger partial charge in [-0.1, -0.05) is 5.16 Å². The Morgan fingerprint density at radius 1 is 1.42 bits per heavy atom. The largest absolute Gasteiger partial charge is 0.411 e.